The second kappa shape index (κ2) is 5.93. The molecular formula is C15H15N3O5S. The number of hydrogen-bond acceptors (Lipinski definition) is 5. The van der Waals surface area contributed by atoms with Gasteiger partial charge < -0.3 is 19.4 Å². The highest BCUT2D eigenvalue weighted by molar-refractivity contribution is 7.92. The van der Waals surface area contributed by atoms with Crippen molar-refractivity contribution in [3.63, 3.8) is 0 Å². The van der Waals surface area contributed by atoms with Crippen molar-refractivity contribution < 1.29 is 17.9 Å². The van der Waals surface area contributed by atoms with Crippen LogP contribution in [0, 0.1) is 0 Å². The van der Waals surface area contributed by atoms with Crippen LogP contribution in [0.3, 0.4) is 0 Å². The largest absolute Gasteiger partial charge is 0.493 e. The normalized spacial score (nSPS) is 11.4. The molecule has 3 rings (SSSR count). The van der Waals surface area contributed by atoms with Crippen LogP contribution in [0.4, 0.5) is 5.69 Å². The molecule has 0 spiro atoms. The summed E-state index contributed by atoms with van der Waals surface area (Å²) in [5.74, 6) is 0.744. The first-order valence-electron chi connectivity index (χ1n) is 6.90. The fourth-order valence-corrected chi connectivity index (χ4v) is 3.36. The third-order valence-electron chi connectivity index (χ3n) is 3.43. The highest BCUT2D eigenvalue weighted by atomic mass is 32.2. The number of H-pyrrole nitrogens is 2. The average molecular weight is 349 g/mol. The van der Waals surface area contributed by atoms with E-state index in [9.17, 15) is 13.2 Å². The van der Waals surface area contributed by atoms with Crippen LogP contribution in [0.5, 0.6) is 11.5 Å². The molecule has 0 aliphatic heterocycles. The minimum absolute atomic E-state index is 0.0304. The number of methoxy groups -OCH3 is 2. The van der Waals surface area contributed by atoms with Gasteiger partial charge in [0, 0.05) is 6.07 Å². The number of anilines is 1. The average Bonchev–Trinajstić information content (AvgIpc) is 2.93. The lowest BCUT2D eigenvalue weighted by Gasteiger charge is -2.11. The van der Waals surface area contributed by atoms with Gasteiger partial charge in [0.1, 0.15) is 0 Å². The number of hydrogen-bond donors (Lipinski definition) is 3. The number of sulfonamides is 1. The van der Waals surface area contributed by atoms with E-state index in [1.807, 2.05) is 0 Å². The van der Waals surface area contributed by atoms with Crippen LogP contribution in [-0.2, 0) is 10.0 Å². The quantitative estimate of drug-likeness (QED) is 0.648. The van der Waals surface area contributed by atoms with E-state index in [2.05, 4.69) is 14.7 Å². The van der Waals surface area contributed by atoms with Crippen LogP contribution in [0.15, 0.2) is 46.1 Å². The number of aromatic amines is 2. The predicted molar refractivity (Wildman–Crippen MR) is 89.3 cm³/mol. The zero-order valence-corrected chi connectivity index (χ0v) is 13.7. The van der Waals surface area contributed by atoms with Crippen LogP contribution >= 0.6 is 0 Å². The van der Waals surface area contributed by atoms with Gasteiger partial charge in [-0.1, -0.05) is 0 Å². The standard InChI is InChI=1S/C15H15N3O5S/c1-22-13-6-4-10(8-14(13)23-2)24(20,21)18-9-3-5-11-12(7-9)17-15(19)16-11/h3-8,18H,1-2H3,(H2,16,17,19). The fraction of sp³-hybridized carbons (Fsp3) is 0.133. The van der Waals surface area contributed by atoms with Crippen molar-refractivity contribution in [2.45, 2.75) is 4.90 Å². The van der Waals surface area contributed by atoms with Gasteiger partial charge in [0.2, 0.25) is 0 Å². The molecule has 1 aromatic heterocycles. The van der Waals surface area contributed by atoms with E-state index in [-0.39, 0.29) is 10.6 Å². The molecule has 3 aromatic rings. The van der Waals surface area contributed by atoms with Gasteiger partial charge in [0.05, 0.1) is 35.8 Å². The third-order valence-corrected chi connectivity index (χ3v) is 4.81. The Morgan fingerprint density at radius 1 is 0.917 bits per heavy atom. The van der Waals surface area contributed by atoms with Gasteiger partial charge in [-0.05, 0) is 30.3 Å². The lowest BCUT2D eigenvalue weighted by Crippen LogP contribution is -2.13. The Kier molecular flexibility index (Phi) is 3.94. The minimum atomic E-state index is -3.82. The van der Waals surface area contributed by atoms with E-state index in [0.717, 1.165) is 0 Å². The summed E-state index contributed by atoms with van der Waals surface area (Å²) < 4.78 is 37.7. The molecule has 0 aliphatic carbocycles. The Hall–Kier alpha value is -2.94. The van der Waals surface area contributed by atoms with Crippen molar-refractivity contribution >= 4 is 26.7 Å². The first-order chi connectivity index (χ1) is 11.4. The molecular weight excluding hydrogens is 334 g/mol. The van der Waals surface area contributed by atoms with E-state index in [1.54, 1.807) is 12.1 Å². The van der Waals surface area contributed by atoms with Crippen LogP contribution in [0.1, 0.15) is 0 Å². The molecule has 1 heterocycles. The summed E-state index contributed by atoms with van der Waals surface area (Å²) in [5, 5.41) is 0. The molecule has 0 amide bonds. The maximum atomic E-state index is 12.5. The number of fused-ring (bicyclic) bond motifs is 1. The van der Waals surface area contributed by atoms with Gasteiger partial charge in [-0.3, -0.25) is 4.72 Å². The van der Waals surface area contributed by atoms with Crippen molar-refractivity contribution in [2.24, 2.45) is 0 Å². The van der Waals surface area contributed by atoms with Gasteiger partial charge in [-0.15, -0.1) is 0 Å². The zero-order valence-electron chi connectivity index (χ0n) is 12.9. The summed E-state index contributed by atoms with van der Waals surface area (Å²) in [7, 11) is -0.923. The Morgan fingerprint density at radius 2 is 1.62 bits per heavy atom. The maximum absolute atomic E-state index is 12.5. The first-order valence-corrected chi connectivity index (χ1v) is 8.38. The van der Waals surface area contributed by atoms with Crippen molar-refractivity contribution in [1.82, 2.24) is 9.97 Å². The summed E-state index contributed by atoms with van der Waals surface area (Å²) >= 11 is 0. The summed E-state index contributed by atoms with van der Waals surface area (Å²) in [6.45, 7) is 0. The van der Waals surface area contributed by atoms with Crippen molar-refractivity contribution in [3.05, 3.63) is 46.9 Å². The highest BCUT2D eigenvalue weighted by Gasteiger charge is 2.17. The number of imidazole rings is 1. The zero-order chi connectivity index (χ0) is 17.3. The molecule has 24 heavy (non-hydrogen) atoms. The van der Waals surface area contributed by atoms with Crippen LogP contribution in [0.25, 0.3) is 11.0 Å². The molecule has 0 saturated heterocycles. The number of nitrogens with one attached hydrogen (secondary N) is 3. The second-order valence-corrected chi connectivity index (χ2v) is 6.64. The van der Waals surface area contributed by atoms with Gasteiger partial charge >= 0.3 is 5.69 Å². The molecule has 0 fully saturated rings. The molecule has 0 unspecified atom stereocenters. The van der Waals surface area contributed by atoms with Crippen LogP contribution in [-0.4, -0.2) is 32.6 Å². The molecule has 0 saturated carbocycles. The van der Waals surface area contributed by atoms with Crippen molar-refractivity contribution in [1.29, 1.82) is 0 Å². The van der Waals surface area contributed by atoms with Gasteiger partial charge in [-0.2, -0.15) is 0 Å². The van der Waals surface area contributed by atoms with E-state index in [1.165, 1.54) is 38.5 Å². The Balaban J connectivity index is 1.96. The van der Waals surface area contributed by atoms with Crippen LogP contribution in [0.2, 0.25) is 0 Å². The number of aromatic nitrogens is 2. The molecule has 126 valence electrons. The Labute approximate surface area is 137 Å². The molecule has 0 radical (unpaired) electrons. The van der Waals surface area contributed by atoms with Crippen molar-refractivity contribution in [2.75, 3.05) is 18.9 Å². The molecule has 9 heteroatoms. The summed E-state index contributed by atoms with van der Waals surface area (Å²) in [4.78, 5) is 16.5. The van der Waals surface area contributed by atoms with Crippen molar-refractivity contribution in [3.8, 4) is 11.5 Å². The second-order valence-electron chi connectivity index (χ2n) is 4.96. The first kappa shape index (κ1) is 15.9. The maximum Gasteiger partial charge on any atom is 0.323 e. The summed E-state index contributed by atoms with van der Waals surface area (Å²) in [6.07, 6.45) is 0. The lowest BCUT2D eigenvalue weighted by atomic mass is 10.3. The molecule has 2 aromatic carbocycles. The van der Waals surface area contributed by atoms with E-state index < -0.39 is 10.0 Å². The minimum Gasteiger partial charge on any atom is -0.493 e. The molecule has 3 N–H and O–H groups in total. The van der Waals surface area contributed by atoms with Gasteiger partial charge in [0.15, 0.2) is 11.5 Å². The Morgan fingerprint density at radius 3 is 2.33 bits per heavy atom. The van der Waals surface area contributed by atoms with E-state index in [4.69, 9.17) is 9.47 Å². The monoisotopic (exact) mass is 349 g/mol. The predicted octanol–water partition coefficient (Wildman–Crippen LogP) is 1.67. The van der Waals surface area contributed by atoms with Gasteiger partial charge in [0.25, 0.3) is 10.0 Å². The smallest absolute Gasteiger partial charge is 0.323 e. The topological polar surface area (TPSA) is 113 Å². The number of benzene rings is 2. The van der Waals surface area contributed by atoms with Crippen LogP contribution < -0.4 is 19.9 Å². The molecule has 8 nitrogen and oxygen atoms in total. The summed E-state index contributed by atoms with van der Waals surface area (Å²) in [5.41, 5.74) is 1.07. The lowest BCUT2D eigenvalue weighted by molar-refractivity contribution is 0.354. The summed E-state index contributed by atoms with van der Waals surface area (Å²) in [6, 6.07) is 9.01. The number of rotatable bonds is 5. The molecule has 0 aliphatic rings. The molecule has 0 atom stereocenters. The SMILES string of the molecule is COc1ccc(S(=O)(=O)Nc2ccc3[nH]c(=O)[nH]c3c2)cc1OC. The number of ether oxygens (including phenoxy) is 2. The highest BCUT2D eigenvalue weighted by Crippen LogP contribution is 2.30. The third kappa shape index (κ3) is 2.93. The van der Waals surface area contributed by atoms with E-state index >= 15 is 0 Å². The fourth-order valence-electron chi connectivity index (χ4n) is 2.29. The molecule has 0 bridgehead atoms. The Bertz CT molecular complexity index is 1050. The van der Waals surface area contributed by atoms with Gasteiger partial charge in [-0.25, -0.2) is 13.2 Å². The van der Waals surface area contributed by atoms with E-state index in [0.29, 0.717) is 28.2 Å².